The standard InChI is InChI=1S/C25H27NO2/c1-4-25(20-11-7-5-8-12-20,21-13-9-6-10-14-21)24(27)26-22-15-17-23(18-16-22)28-19(2)3/h5-19H,4H2,1-3H3,(H,26,27). The minimum atomic E-state index is -0.754. The topological polar surface area (TPSA) is 38.3 Å². The lowest BCUT2D eigenvalue weighted by molar-refractivity contribution is -0.120. The third kappa shape index (κ3) is 4.09. The number of hydrogen-bond acceptors (Lipinski definition) is 2. The monoisotopic (exact) mass is 373 g/mol. The van der Waals surface area contributed by atoms with Crippen LogP contribution < -0.4 is 10.1 Å². The van der Waals surface area contributed by atoms with Crippen molar-refractivity contribution in [2.24, 2.45) is 0 Å². The molecule has 0 saturated heterocycles. The molecule has 1 amide bonds. The van der Waals surface area contributed by atoms with Crippen LogP contribution in [0, 0.1) is 0 Å². The fourth-order valence-corrected chi connectivity index (χ4v) is 3.57. The van der Waals surface area contributed by atoms with Crippen LogP contribution in [0.3, 0.4) is 0 Å². The summed E-state index contributed by atoms with van der Waals surface area (Å²) >= 11 is 0. The van der Waals surface area contributed by atoms with Crippen LogP contribution in [-0.2, 0) is 10.2 Å². The number of benzene rings is 3. The molecule has 3 aromatic carbocycles. The number of carbonyl (C=O) groups is 1. The van der Waals surface area contributed by atoms with Crippen molar-refractivity contribution < 1.29 is 9.53 Å². The fraction of sp³-hybridized carbons (Fsp3) is 0.240. The van der Waals surface area contributed by atoms with E-state index in [-0.39, 0.29) is 12.0 Å². The van der Waals surface area contributed by atoms with Crippen molar-refractivity contribution in [2.75, 3.05) is 5.32 Å². The van der Waals surface area contributed by atoms with E-state index in [2.05, 4.69) is 12.2 Å². The molecule has 0 aliphatic carbocycles. The molecular formula is C25H27NO2. The molecule has 0 saturated carbocycles. The van der Waals surface area contributed by atoms with Crippen molar-refractivity contribution in [1.82, 2.24) is 0 Å². The maximum absolute atomic E-state index is 13.6. The van der Waals surface area contributed by atoms with Crippen LogP contribution in [0.5, 0.6) is 5.75 Å². The second-order valence-corrected chi connectivity index (χ2v) is 7.14. The molecule has 1 N–H and O–H groups in total. The number of amides is 1. The lowest BCUT2D eigenvalue weighted by Gasteiger charge is -2.32. The molecule has 3 heteroatoms. The minimum Gasteiger partial charge on any atom is -0.491 e. The first-order chi connectivity index (χ1) is 13.6. The van der Waals surface area contributed by atoms with Crippen LogP contribution in [0.1, 0.15) is 38.3 Å². The Morgan fingerprint density at radius 3 is 1.79 bits per heavy atom. The predicted molar refractivity (Wildman–Crippen MR) is 115 cm³/mol. The average molecular weight is 373 g/mol. The van der Waals surface area contributed by atoms with Crippen molar-refractivity contribution >= 4 is 11.6 Å². The van der Waals surface area contributed by atoms with Crippen LogP contribution in [0.25, 0.3) is 0 Å². The summed E-state index contributed by atoms with van der Waals surface area (Å²) in [4.78, 5) is 13.6. The summed E-state index contributed by atoms with van der Waals surface area (Å²) in [5.74, 6) is 0.755. The molecule has 0 radical (unpaired) electrons. The molecule has 0 bridgehead atoms. The molecule has 0 aliphatic heterocycles. The van der Waals surface area contributed by atoms with E-state index in [1.165, 1.54) is 0 Å². The molecular weight excluding hydrogens is 346 g/mol. The van der Waals surface area contributed by atoms with Crippen LogP contribution in [0.2, 0.25) is 0 Å². The zero-order valence-corrected chi connectivity index (χ0v) is 16.7. The first kappa shape index (κ1) is 19.7. The van der Waals surface area contributed by atoms with Gasteiger partial charge in [0.1, 0.15) is 5.75 Å². The normalized spacial score (nSPS) is 11.3. The van der Waals surface area contributed by atoms with Gasteiger partial charge in [-0.05, 0) is 55.7 Å². The van der Waals surface area contributed by atoms with Gasteiger partial charge in [0.15, 0.2) is 0 Å². The maximum atomic E-state index is 13.6. The van der Waals surface area contributed by atoms with Gasteiger partial charge < -0.3 is 10.1 Å². The lowest BCUT2D eigenvalue weighted by atomic mass is 9.71. The Hall–Kier alpha value is -3.07. The summed E-state index contributed by atoms with van der Waals surface area (Å²) in [6.07, 6.45) is 0.769. The maximum Gasteiger partial charge on any atom is 0.239 e. The third-order valence-corrected chi connectivity index (χ3v) is 4.94. The highest BCUT2D eigenvalue weighted by molar-refractivity contribution is 6.01. The first-order valence-electron chi connectivity index (χ1n) is 9.75. The minimum absolute atomic E-state index is 0.0371. The Morgan fingerprint density at radius 1 is 0.857 bits per heavy atom. The average Bonchev–Trinajstić information content (AvgIpc) is 2.72. The van der Waals surface area contributed by atoms with E-state index in [4.69, 9.17) is 4.74 Å². The lowest BCUT2D eigenvalue weighted by Crippen LogP contribution is -2.41. The van der Waals surface area contributed by atoms with Crippen LogP contribution >= 0.6 is 0 Å². The van der Waals surface area contributed by atoms with E-state index in [1.54, 1.807) is 0 Å². The number of carbonyl (C=O) groups excluding carboxylic acids is 1. The summed E-state index contributed by atoms with van der Waals surface area (Å²) in [6, 6.07) is 27.5. The Balaban J connectivity index is 1.96. The zero-order valence-electron chi connectivity index (χ0n) is 16.7. The number of nitrogens with one attached hydrogen (secondary N) is 1. The number of rotatable bonds is 7. The van der Waals surface area contributed by atoms with E-state index >= 15 is 0 Å². The Labute approximate surface area is 167 Å². The Kier molecular flexibility index (Phi) is 6.15. The van der Waals surface area contributed by atoms with Gasteiger partial charge in [-0.1, -0.05) is 67.6 Å². The summed E-state index contributed by atoms with van der Waals surface area (Å²) in [5.41, 5.74) is 1.98. The smallest absolute Gasteiger partial charge is 0.239 e. The fourth-order valence-electron chi connectivity index (χ4n) is 3.57. The summed E-state index contributed by atoms with van der Waals surface area (Å²) in [7, 11) is 0. The van der Waals surface area contributed by atoms with Crippen molar-refractivity contribution in [3.63, 3.8) is 0 Å². The van der Waals surface area contributed by atoms with Crippen LogP contribution in [0.4, 0.5) is 5.69 Å². The van der Waals surface area contributed by atoms with Crippen LogP contribution in [0.15, 0.2) is 84.9 Å². The van der Waals surface area contributed by atoms with E-state index in [9.17, 15) is 4.79 Å². The molecule has 28 heavy (non-hydrogen) atoms. The molecule has 0 unspecified atom stereocenters. The van der Waals surface area contributed by atoms with Crippen LogP contribution in [-0.4, -0.2) is 12.0 Å². The predicted octanol–water partition coefficient (Wildman–Crippen LogP) is 5.81. The molecule has 0 aromatic heterocycles. The van der Waals surface area contributed by atoms with Gasteiger partial charge in [0.05, 0.1) is 11.5 Å². The van der Waals surface area contributed by atoms with E-state index in [0.717, 1.165) is 22.6 Å². The quantitative estimate of drug-likeness (QED) is 0.568. The molecule has 0 aliphatic rings. The summed E-state index contributed by atoms with van der Waals surface area (Å²) < 4.78 is 5.69. The second kappa shape index (κ2) is 8.75. The van der Waals surface area contributed by atoms with E-state index in [0.29, 0.717) is 6.42 Å². The van der Waals surface area contributed by atoms with Gasteiger partial charge in [-0.2, -0.15) is 0 Å². The highest BCUT2D eigenvalue weighted by Gasteiger charge is 2.40. The molecule has 0 atom stereocenters. The van der Waals surface area contributed by atoms with Gasteiger partial charge >= 0.3 is 0 Å². The molecule has 3 rings (SSSR count). The molecule has 144 valence electrons. The first-order valence-corrected chi connectivity index (χ1v) is 9.75. The molecule has 3 aromatic rings. The highest BCUT2D eigenvalue weighted by Crippen LogP contribution is 2.37. The Morgan fingerprint density at radius 2 is 1.36 bits per heavy atom. The largest absolute Gasteiger partial charge is 0.491 e. The van der Waals surface area contributed by atoms with Gasteiger partial charge in [-0.3, -0.25) is 4.79 Å². The SMILES string of the molecule is CCC(C(=O)Nc1ccc(OC(C)C)cc1)(c1ccccc1)c1ccccc1. The van der Waals surface area contributed by atoms with Crippen molar-refractivity contribution in [3.05, 3.63) is 96.1 Å². The number of ether oxygens (including phenoxy) is 1. The van der Waals surface area contributed by atoms with Gasteiger partial charge in [-0.15, -0.1) is 0 Å². The van der Waals surface area contributed by atoms with E-state index in [1.807, 2.05) is 98.8 Å². The molecule has 0 heterocycles. The van der Waals surface area contributed by atoms with Gasteiger partial charge in [0, 0.05) is 5.69 Å². The summed E-state index contributed by atoms with van der Waals surface area (Å²) in [5, 5.41) is 3.12. The molecule has 0 fully saturated rings. The van der Waals surface area contributed by atoms with Gasteiger partial charge in [0.25, 0.3) is 0 Å². The van der Waals surface area contributed by atoms with Gasteiger partial charge in [0.2, 0.25) is 5.91 Å². The van der Waals surface area contributed by atoms with E-state index < -0.39 is 5.41 Å². The van der Waals surface area contributed by atoms with Crippen molar-refractivity contribution in [3.8, 4) is 5.75 Å². The number of anilines is 1. The van der Waals surface area contributed by atoms with Crippen molar-refractivity contribution in [2.45, 2.75) is 38.7 Å². The Bertz CT molecular complexity index is 847. The number of hydrogen-bond donors (Lipinski definition) is 1. The second-order valence-electron chi connectivity index (χ2n) is 7.14. The van der Waals surface area contributed by atoms with Crippen molar-refractivity contribution in [1.29, 1.82) is 0 Å². The van der Waals surface area contributed by atoms with Gasteiger partial charge in [-0.25, -0.2) is 0 Å². The molecule has 0 spiro atoms. The highest BCUT2D eigenvalue weighted by atomic mass is 16.5. The summed E-state index contributed by atoms with van der Waals surface area (Å²) in [6.45, 7) is 6.04. The zero-order chi connectivity index (χ0) is 20.0. The molecule has 3 nitrogen and oxygen atoms in total. The third-order valence-electron chi connectivity index (χ3n) is 4.94.